The lowest BCUT2D eigenvalue weighted by atomic mass is 9.82. The van der Waals surface area contributed by atoms with Gasteiger partial charge in [0.15, 0.2) is 0 Å². The van der Waals surface area contributed by atoms with Gasteiger partial charge in [-0.1, -0.05) is 153 Å². The average Bonchev–Trinajstić information content (AvgIpc) is 3.92. The lowest BCUT2D eigenvalue weighted by Crippen LogP contribution is -2.14. The number of para-hydroxylation sites is 2. The molecule has 274 valence electrons. The van der Waals surface area contributed by atoms with E-state index in [4.69, 9.17) is 8.83 Å². The number of benzene rings is 9. The van der Waals surface area contributed by atoms with E-state index >= 15 is 0 Å². The Labute approximate surface area is 336 Å². The van der Waals surface area contributed by atoms with E-state index in [1.54, 1.807) is 0 Å². The third-order valence-electron chi connectivity index (χ3n) is 12.4. The van der Waals surface area contributed by atoms with Crippen LogP contribution in [0.3, 0.4) is 0 Å². The third kappa shape index (κ3) is 4.74. The van der Waals surface area contributed by atoms with E-state index in [0.717, 1.165) is 77.5 Å². The highest BCUT2D eigenvalue weighted by atomic mass is 16.3. The average molecular weight is 744 g/mol. The van der Waals surface area contributed by atoms with Gasteiger partial charge in [-0.25, -0.2) is 0 Å². The molecular weight excluding hydrogens is 707 g/mol. The topological polar surface area (TPSA) is 29.5 Å². The lowest BCUT2D eigenvalue weighted by molar-refractivity contribution is 0.660. The van der Waals surface area contributed by atoms with Gasteiger partial charge in [0.25, 0.3) is 0 Å². The molecule has 0 unspecified atom stereocenters. The van der Waals surface area contributed by atoms with Crippen LogP contribution in [0.1, 0.15) is 25.0 Å². The van der Waals surface area contributed by atoms with Crippen molar-refractivity contribution >= 4 is 71.7 Å². The van der Waals surface area contributed by atoms with Crippen molar-refractivity contribution in [2.75, 3.05) is 4.90 Å². The van der Waals surface area contributed by atoms with Crippen LogP contribution in [0.4, 0.5) is 17.1 Å². The predicted octanol–water partition coefficient (Wildman–Crippen LogP) is 15.7. The monoisotopic (exact) mass is 743 g/mol. The minimum Gasteiger partial charge on any atom is -0.456 e. The fourth-order valence-corrected chi connectivity index (χ4v) is 9.74. The molecule has 0 radical (unpaired) electrons. The Hall–Kier alpha value is -7.36. The molecule has 0 fully saturated rings. The largest absolute Gasteiger partial charge is 0.456 e. The van der Waals surface area contributed by atoms with Crippen molar-refractivity contribution in [2.45, 2.75) is 19.3 Å². The molecule has 1 aliphatic carbocycles. The molecular formula is C55H37NO2. The summed E-state index contributed by atoms with van der Waals surface area (Å²) in [6.07, 6.45) is 0. The maximum absolute atomic E-state index is 6.83. The van der Waals surface area contributed by atoms with Gasteiger partial charge < -0.3 is 13.7 Å². The molecule has 2 aromatic heterocycles. The van der Waals surface area contributed by atoms with Crippen LogP contribution in [0.25, 0.3) is 88.0 Å². The number of hydrogen-bond donors (Lipinski definition) is 0. The van der Waals surface area contributed by atoms with Gasteiger partial charge >= 0.3 is 0 Å². The van der Waals surface area contributed by atoms with E-state index in [9.17, 15) is 0 Å². The molecule has 0 bridgehead atoms. The van der Waals surface area contributed by atoms with E-state index < -0.39 is 0 Å². The van der Waals surface area contributed by atoms with Gasteiger partial charge in [-0.15, -0.1) is 0 Å². The molecule has 11 aromatic rings. The minimum absolute atomic E-state index is 0.0835. The summed E-state index contributed by atoms with van der Waals surface area (Å²) < 4.78 is 13.3. The van der Waals surface area contributed by atoms with E-state index in [1.807, 2.05) is 6.07 Å². The van der Waals surface area contributed by atoms with Crippen molar-refractivity contribution in [2.24, 2.45) is 0 Å². The second kappa shape index (κ2) is 12.3. The minimum atomic E-state index is -0.0835. The molecule has 1 aliphatic rings. The second-order valence-corrected chi connectivity index (χ2v) is 16.0. The first kappa shape index (κ1) is 32.8. The molecule has 12 rings (SSSR count). The van der Waals surface area contributed by atoms with Crippen LogP contribution >= 0.6 is 0 Å². The van der Waals surface area contributed by atoms with E-state index in [-0.39, 0.29) is 5.41 Å². The van der Waals surface area contributed by atoms with Crippen LogP contribution in [0, 0.1) is 0 Å². The van der Waals surface area contributed by atoms with Crippen molar-refractivity contribution in [3.8, 4) is 33.4 Å². The first-order chi connectivity index (χ1) is 28.5. The summed E-state index contributed by atoms with van der Waals surface area (Å²) in [6.45, 7) is 4.69. The Kier molecular flexibility index (Phi) is 6.98. The van der Waals surface area contributed by atoms with E-state index in [1.165, 1.54) is 38.8 Å². The van der Waals surface area contributed by atoms with Crippen LogP contribution in [-0.4, -0.2) is 0 Å². The summed E-state index contributed by atoms with van der Waals surface area (Å²) >= 11 is 0. The van der Waals surface area contributed by atoms with Crippen LogP contribution in [0.15, 0.2) is 197 Å². The number of nitrogens with zero attached hydrogens (tertiary/aromatic N) is 1. The zero-order valence-corrected chi connectivity index (χ0v) is 32.2. The lowest BCUT2D eigenvalue weighted by Gasteiger charge is -2.27. The first-order valence-corrected chi connectivity index (χ1v) is 20.0. The molecule has 3 heteroatoms. The number of rotatable bonds is 5. The van der Waals surface area contributed by atoms with E-state index in [2.05, 4.69) is 201 Å². The quantitative estimate of drug-likeness (QED) is 0.176. The number of fused-ring (bicyclic) bond motifs is 11. The summed E-state index contributed by atoms with van der Waals surface area (Å²) in [5.41, 5.74) is 16.5. The Morgan fingerprint density at radius 2 is 1.02 bits per heavy atom. The first-order valence-electron chi connectivity index (χ1n) is 20.0. The summed E-state index contributed by atoms with van der Waals surface area (Å²) in [6, 6.07) is 67.6. The molecule has 0 saturated carbocycles. The fourth-order valence-electron chi connectivity index (χ4n) is 9.74. The Morgan fingerprint density at radius 3 is 1.88 bits per heavy atom. The zero-order valence-electron chi connectivity index (χ0n) is 32.2. The fraction of sp³-hybridized carbons (Fsp3) is 0.0545. The summed E-state index contributed by atoms with van der Waals surface area (Å²) in [5.74, 6) is 0. The van der Waals surface area contributed by atoms with Gasteiger partial charge in [0.1, 0.15) is 22.3 Å². The molecule has 0 aliphatic heterocycles. The van der Waals surface area contributed by atoms with Gasteiger partial charge in [-0.2, -0.15) is 0 Å². The van der Waals surface area contributed by atoms with Gasteiger partial charge in [-0.3, -0.25) is 0 Å². The van der Waals surface area contributed by atoms with Gasteiger partial charge in [0.05, 0.1) is 11.1 Å². The summed E-state index contributed by atoms with van der Waals surface area (Å²) in [4.78, 5) is 2.39. The number of hydrogen-bond acceptors (Lipinski definition) is 3. The maximum Gasteiger partial charge on any atom is 0.143 e. The highest BCUT2D eigenvalue weighted by Crippen LogP contribution is 2.53. The molecule has 0 spiro atoms. The zero-order chi connectivity index (χ0) is 38.5. The van der Waals surface area contributed by atoms with Crippen molar-refractivity contribution in [1.82, 2.24) is 0 Å². The molecule has 58 heavy (non-hydrogen) atoms. The van der Waals surface area contributed by atoms with Crippen LogP contribution in [-0.2, 0) is 5.41 Å². The smallest absolute Gasteiger partial charge is 0.143 e. The normalized spacial score (nSPS) is 13.1. The van der Waals surface area contributed by atoms with Gasteiger partial charge in [0.2, 0.25) is 0 Å². The maximum atomic E-state index is 6.83. The molecule has 9 aromatic carbocycles. The van der Waals surface area contributed by atoms with Crippen molar-refractivity contribution in [1.29, 1.82) is 0 Å². The highest BCUT2D eigenvalue weighted by Gasteiger charge is 2.36. The molecule has 0 atom stereocenters. The van der Waals surface area contributed by atoms with E-state index in [0.29, 0.717) is 0 Å². The van der Waals surface area contributed by atoms with Crippen LogP contribution < -0.4 is 4.90 Å². The summed E-state index contributed by atoms with van der Waals surface area (Å²) in [7, 11) is 0. The van der Waals surface area contributed by atoms with Crippen LogP contribution in [0.2, 0.25) is 0 Å². The standard InChI is InChI=1S/C55H37NO2/c1-55(2)46-25-7-5-20-44(46)51-39(22-12-26-47(51)55)35-15-9-17-37(32-35)56(48-27-13-29-50-52(48)45-21-6-8-28-49(45)57-50)38-18-10-16-36(33-38)41-23-11-24-42-43-31-30-34-14-3-4-19-40(34)53(43)58-54(41)42/h3-33H,1-2H3. The Bertz CT molecular complexity index is 3450. The number of anilines is 3. The van der Waals surface area contributed by atoms with Crippen molar-refractivity contribution in [3.05, 3.63) is 199 Å². The molecule has 0 saturated heterocycles. The SMILES string of the molecule is CC1(C)c2ccccc2-c2c(-c3cccc(N(c4cccc(-c5cccc6c5oc5c7ccccc7ccc65)c4)c4cccc5oc6ccccc6c45)c3)cccc21. The van der Waals surface area contributed by atoms with Crippen molar-refractivity contribution < 1.29 is 8.83 Å². The summed E-state index contributed by atoms with van der Waals surface area (Å²) in [5, 5.41) is 6.70. The predicted molar refractivity (Wildman–Crippen MR) is 242 cm³/mol. The highest BCUT2D eigenvalue weighted by molar-refractivity contribution is 6.17. The van der Waals surface area contributed by atoms with Gasteiger partial charge in [-0.05, 0) is 92.9 Å². The second-order valence-electron chi connectivity index (χ2n) is 16.0. The van der Waals surface area contributed by atoms with Crippen LogP contribution in [0.5, 0.6) is 0 Å². The Morgan fingerprint density at radius 1 is 0.414 bits per heavy atom. The molecule has 0 N–H and O–H groups in total. The van der Waals surface area contributed by atoms with Crippen molar-refractivity contribution in [3.63, 3.8) is 0 Å². The third-order valence-corrected chi connectivity index (χ3v) is 12.4. The van der Waals surface area contributed by atoms with Gasteiger partial charge in [0, 0.05) is 43.9 Å². The molecule has 2 heterocycles. The Balaban J connectivity index is 1.08. The molecule has 0 amide bonds. The number of furan rings is 2. The molecule has 3 nitrogen and oxygen atoms in total.